The Balaban J connectivity index is 3.52. The van der Waals surface area contributed by atoms with Crippen LogP contribution in [0.4, 0.5) is 0 Å². The third kappa shape index (κ3) is 6.58. The first-order chi connectivity index (χ1) is 6.24. The van der Waals surface area contributed by atoms with Crippen LogP contribution in [0.15, 0.2) is 0 Å². The Kier molecular flexibility index (Phi) is 7.69. The van der Waals surface area contributed by atoms with Crippen molar-refractivity contribution in [3.63, 3.8) is 0 Å². The first kappa shape index (κ1) is 12.4. The third-order valence-electron chi connectivity index (χ3n) is 2.11. The molecule has 0 aromatic carbocycles. The van der Waals surface area contributed by atoms with Crippen LogP contribution in [0.2, 0.25) is 0 Å². The SMILES string of the molecule is CCCC[C@@H](CCC(=O)OC)OC. The molecular weight excluding hydrogens is 168 g/mol. The van der Waals surface area contributed by atoms with Crippen LogP contribution in [0.5, 0.6) is 0 Å². The standard InChI is InChI=1S/C10H20O3/c1-4-5-6-9(12-2)7-8-10(11)13-3/h9H,4-8H2,1-3H3/t9-/m0/s1. The van der Waals surface area contributed by atoms with Crippen molar-refractivity contribution in [2.45, 2.75) is 45.1 Å². The number of ether oxygens (including phenoxy) is 2. The molecule has 0 heterocycles. The lowest BCUT2D eigenvalue weighted by atomic mass is 10.1. The second kappa shape index (κ2) is 8.05. The molecule has 0 aliphatic rings. The molecule has 0 rings (SSSR count). The van der Waals surface area contributed by atoms with Crippen molar-refractivity contribution in [2.24, 2.45) is 0 Å². The van der Waals surface area contributed by atoms with Crippen molar-refractivity contribution in [2.75, 3.05) is 14.2 Å². The molecule has 0 spiro atoms. The molecule has 0 aliphatic carbocycles. The van der Waals surface area contributed by atoms with Crippen molar-refractivity contribution in [1.82, 2.24) is 0 Å². The Hall–Kier alpha value is -0.570. The lowest BCUT2D eigenvalue weighted by Gasteiger charge is -2.13. The fourth-order valence-corrected chi connectivity index (χ4v) is 1.19. The van der Waals surface area contributed by atoms with Gasteiger partial charge < -0.3 is 9.47 Å². The predicted molar refractivity (Wildman–Crippen MR) is 51.6 cm³/mol. The summed E-state index contributed by atoms with van der Waals surface area (Å²) < 4.78 is 9.79. The average Bonchev–Trinajstić information content (AvgIpc) is 2.17. The summed E-state index contributed by atoms with van der Waals surface area (Å²) in [6, 6.07) is 0. The monoisotopic (exact) mass is 188 g/mol. The lowest BCUT2D eigenvalue weighted by molar-refractivity contribution is -0.141. The summed E-state index contributed by atoms with van der Waals surface area (Å²) in [5.41, 5.74) is 0. The van der Waals surface area contributed by atoms with Crippen LogP contribution in [-0.4, -0.2) is 26.3 Å². The lowest BCUT2D eigenvalue weighted by Crippen LogP contribution is -2.13. The van der Waals surface area contributed by atoms with E-state index in [-0.39, 0.29) is 12.1 Å². The molecule has 0 saturated heterocycles. The van der Waals surface area contributed by atoms with Crippen molar-refractivity contribution in [1.29, 1.82) is 0 Å². The van der Waals surface area contributed by atoms with Gasteiger partial charge >= 0.3 is 5.97 Å². The number of carbonyl (C=O) groups is 1. The Morgan fingerprint density at radius 2 is 2.00 bits per heavy atom. The molecule has 0 amide bonds. The molecule has 0 N–H and O–H groups in total. The van der Waals surface area contributed by atoms with Crippen molar-refractivity contribution < 1.29 is 14.3 Å². The van der Waals surface area contributed by atoms with E-state index < -0.39 is 0 Å². The number of methoxy groups -OCH3 is 2. The maximum Gasteiger partial charge on any atom is 0.305 e. The van der Waals surface area contributed by atoms with Crippen LogP contribution < -0.4 is 0 Å². The minimum Gasteiger partial charge on any atom is -0.469 e. The molecule has 1 atom stereocenters. The van der Waals surface area contributed by atoms with E-state index in [9.17, 15) is 4.79 Å². The molecule has 0 unspecified atom stereocenters. The molecule has 0 bridgehead atoms. The van der Waals surface area contributed by atoms with Crippen LogP contribution in [-0.2, 0) is 14.3 Å². The van der Waals surface area contributed by atoms with Gasteiger partial charge in [-0.15, -0.1) is 0 Å². The molecule has 0 aromatic rings. The molecule has 13 heavy (non-hydrogen) atoms. The first-order valence-electron chi connectivity index (χ1n) is 4.84. The van der Waals surface area contributed by atoms with Gasteiger partial charge in [-0.3, -0.25) is 4.79 Å². The highest BCUT2D eigenvalue weighted by atomic mass is 16.5. The molecule has 78 valence electrons. The van der Waals surface area contributed by atoms with E-state index in [1.807, 2.05) is 0 Å². The van der Waals surface area contributed by atoms with Crippen LogP contribution in [0.25, 0.3) is 0 Å². The first-order valence-corrected chi connectivity index (χ1v) is 4.84. The van der Waals surface area contributed by atoms with E-state index in [1.54, 1.807) is 7.11 Å². The Bertz CT molecular complexity index is 134. The fourth-order valence-electron chi connectivity index (χ4n) is 1.19. The van der Waals surface area contributed by atoms with Gasteiger partial charge in [0.15, 0.2) is 0 Å². The van der Waals surface area contributed by atoms with E-state index in [0.717, 1.165) is 25.7 Å². The Labute approximate surface area is 80.4 Å². The second-order valence-corrected chi connectivity index (χ2v) is 3.11. The highest BCUT2D eigenvalue weighted by molar-refractivity contribution is 5.69. The summed E-state index contributed by atoms with van der Waals surface area (Å²) in [6.07, 6.45) is 4.78. The molecule has 0 saturated carbocycles. The third-order valence-corrected chi connectivity index (χ3v) is 2.11. The number of esters is 1. The summed E-state index contributed by atoms with van der Waals surface area (Å²) in [5, 5.41) is 0. The van der Waals surface area contributed by atoms with Crippen LogP contribution in [0.1, 0.15) is 39.0 Å². The quantitative estimate of drug-likeness (QED) is 0.574. The minimum absolute atomic E-state index is 0.154. The Morgan fingerprint density at radius 3 is 2.46 bits per heavy atom. The van der Waals surface area contributed by atoms with Crippen LogP contribution in [0.3, 0.4) is 0 Å². The smallest absolute Gasteiger partial charge is 0.305 e. The maximum absolute atomic E-state index is 10.8. The molecule has 0 aliphatic heterocycles. The normalized spacial score (nSPS) is 12.5. The largest absolute Gasteiger partial charge is 0.469 e. The van der Waals surface area contributed by atoms with Gasteiger partial charge in [-0.2, -0.15) is 0 Å². The van der Waals surface area contributed by atoms with Crippen molar-refractivity contribution in [3.8, 4) is 0 Å². The predicted octanol–water partition coefficient (Wildman–Crippen LogP) is 2.14. The number of hydrogen-bond acceptors (Lipinski definition) is 3. The second-order valence-electron chi connectivity index (χ2n) is 3.11. The highest BCUT2D eigenvalue weighted by Gasteiger charge is 2.09. The van der Waals surface area contributed by atoms with Crippen molar-refractivity contribution >= 4 is 5.97 Å². The van der Waals surface area contributed by atoms with E-state index in [2.05, 4.69) is 11.7 Å². The van der Waals surface area contributed by atoms with Gasteiger partial charge in [-0.25, -0.2) is 0 Å². The van der Waals surface area contributed by atoms with Gasteiger partial charge in [-0.1, -0.05) is 19.8 Å². The van der Waals surface area contributed by atoms with Crippen LogP contribution in [0, 0.1) is 0 Å². The van der Waals surface area contributed by atoms with E-state index in [0.29, 0.717) is 6.42 Å². The highest BCUT2D eigenvalue weighted by Crippen LogP contribution is 2.10. The Morgan fingerprint density at radius 1 is 1.31 bits per heavy atom. The van der Waals surface area contributed by atoms with E-state index in [4.69, 9.17) is 4.74 Å². The molecular formula is C10H20O3. The van der Waals surface area contributed by atoms with Gasteiger partial charge in [-0.05, 0) is 12.8 Å². The average molecular weight is 188 g/mol. The molecule has 3 heteroatoms. The summed E-state index contributed by atoms with van der Waals surface area (Å²) in [5.74, 6) is -0.154. The topological polar surface area (TPSA) is 35.5 Å². The van der Waals surface area contributed by atoms with E-state index in [1.165, 1.54) is 7.11 Å². The minimum atomic E-state index is -0.154. The van der Waals surface area contributed by atoms with Crippen LogP contribution >= 0.6 is 0 Å². The summed E-state index contributed by atoms with van der Waals surface area (Å²) >= 11 is 0. The van der Waals surface area contributed by atoms with Gasteiger partial charge in [0.25, 0.3) is 0 Å². The molecule has 0 radical (unpaired) electrons. The summed E-state index contributed by atoms with van der Waals surface area (Å²) in [4.78, 5) is 10.8. The summed E-state index contributed by atoms with van der Waals surface area (Å²) in [7, 11) is 3.10. The van der Waals surface area contributed by atoms with E-state index >= 15 is 0 Å². The zero-order valence-electron chi connectivity index (χ0n) is 8.84. The zero-order valence-corrected chi connectivity index (χ0v) is 8.84. The molecule has 3 nitrogen and oxygen atoms in total. The molecule has 0 fully saturated rings. The number of hydrogen-bond donors (Lipinski definition) is 0. The number of unbranched alkanes of at least 4 members (excludes halogenated alkanes) is 1. The number of carbonyl (C=O) groups excluding carboxylic acids is 1. The molecule has 0 aromatic heterocycles. The number of rotatable bonds is 7. The fraction of sp³-hybridized carbons (Fsp3) is 0.900. The van der Waals surface area contributed by atoms with Gasteiger partial charge in [0.1, 0.15) is 0 Å². The van der Waals surface area contributed by atoms with Gasteiger partial charge in [0, 0.05) is 13.5 Å². The van der Waals surface area contributed by atoms with Crippen molar-refractivity contribution in [3.05, 3.63) is 0 Å². The zero-order chi connectivity index (χ0) is 10.1. The van der Waals surface area contributed by atoms with Gasteiger partial charge in [0.05, 0.1) is 13.2 Å². The summed E-state index contributed by atoms with van der Waals surface area (Å²) in [6.45, 7) is 2.15. The maximum atomic E-state index is 10.8. The van der Waals surface area contributed by atoms with Gasteiger partial charge in [0.2, 0.25) is 0 Å².